The summed E-state index contributed by atoms with van der Waals surface area (Å²) in [4.78, 5) is 3.59. The molecular weight excluding hydrogens is 528 g/mol. The lowest BCUT2D eigenvalue weighted by Crippen LogP contribution is -2.44. The Morgan fingerprint density at radius 3 is 2.43 bits per heavy atom. The Bertz CT molecular complexity index is 1410. The highest BCUT2D eigenvalue weighted by Crippen LogP contribution is 2.46. The van der Waals surface area contributed by atoms with E-state index < -0.39 is 20.8 Å². The quantitative estimate of drug-likeness (QED) is 0.444. The third-order valence-electron chi connectivity index (χ3n) is 7.79. The van der Waals surface area contributed by atoms with Crippen molar-refractivity contribution >= 4 is 32.4 Å². The molecule has 3 aromatic carbocycles. The highest BCUT2D eigenvalue weighted by molar-refractivity contribution is 7.91. The number of nitrogens with zero attached hydrogens (tertiary/aromatic N) is 2. The van der Waals surface area contributed by atoms with Crippen molar-refractivity contribution in [2.75, 3.05) is 32.4 Å². The molecule has 3 aromatic rings. The predicted octanol–water partition coefficient (Wildman–Crippen LogP) is 4.95. The molecule has 1 fully saturated rings. The van der Waals surface area contributed by atoms with Crippen LogP contribution in [0, 0.1) is 0 Å². The van der Waals surface area contributed by atoms with Crippen LogP contribution in [0.1, 0.15) is 36.4 Å². The molecule has 0 bridgehead atoms. The standard InChI is InChI=1S/C28H31ClN2O4S2/c1-30(36(33)22-7-3-2-4-8-22)25(21-11-12-26(32)24(29)19-21)13-16-31-17-14-28(15-18-31)20-37(34,35)27-10-6-5-9-23(27)28/h2-12,19,25,32H,13-18,20H2,1H3. The molecule has 2 heterocycles. The number of rotatable bonds is 7. The van der Waals surface area contributed by atoms with Gasteiger partial charge in [0.15, 0.2) is 9.84 Å². The smallest absolute Gasteiger partial charge is 0.179 e. The Kier molecular flexibility index (Phi) is 7.49. The first-order valence-corrected chi connectivity index (χ1v) is 15.6. The maximum absolute atomic E-state index is 13.4. The zero-order valence-corrected chi connectivity index (χ0v) is 23.1. The van der Waals surface area contributed by atoms with Crippen LogP contribution in [0.4, 0.5) is 0 Å². The van der Waals surface area contributed by atoms with Crippen molar-refractivity contribution < 1.29 is 17.7 Å². The van der Waals surface area contributed by atoms with Crippen LogP contribution >= 0.6 is 11.6 Å². The normalized spacial score (nSPS) is 20.1. The van der Waals surface area contributed by atoms with Gasteiger partial charge in [-0.05, 0) is 80.4 Å². The number of hydrogen-bond acceptors (Lipinski definition) is 5. The van der Waals surface area contributed by atoms with Gasteiger partial charge < -0.3 is 10.0 Å². The topological polar surface area (TPSA) is 77.9 Å². The van der Waals surface area contributed by atoms with Gasteiger partial charge in [-0.2, -0.15) is 0 Å². The van der Waals surface area contributed by atoms with Crippen LogP contribution in [-0.4, -0.2) is 59.4 Å². The van der Waals surface area contributed by atoms with Crippen LogP contribution in [0.2, 0.25) is 5.02 Å². The van der Waals surface area contributed by atoms with E-state index in [1.165, 1.54) is 0 Å². The lowest BCUT2D eigenvalue weighted by atomic mass is 9.74. The third-order valence-corrected chi connectivity index (χ3v) is 11.5. The molecule has 2 unspecified atom stereocenters. The monoisotopic (exact) mass is 558 g/mol. The number of phenolic OH excluding ortho intramolecular Hbond substituents is 1. The van der Waals surface area contributed by atoms with Gasteiger partial charge in [0.25, 0.3) is 0 Å². The van der Waals surface area contributed by atoms with Crippen LogP contribution in [0.25, 0.3) is 0 Å². The molecule has 196 valence electrons. The van der Waals surface area contributed by atoms with Gasteiger partial charge in [-0.25, -0.2) is 16.9 Å². The molecule has 2 aliphatic rings. The molecule has 0 aliphatic carbocycles. The minimum atomic E-state index is -3.24. The average molecular weight is 559 g/mol. The Morgan fingerprint density at radius 2 is 1.73 bits per heavy atom. The number of aromatic hydroxyl groups is 1. The maximum atomic E-state index is 13.4. The van der Waals surface area contributed by atoms with Gasteiger partial charge in [0, 0.05) is 18.5 Å². The number of benzene rings is 3. The molecule has 1 spiro atoms. The van der Waals surface area contributed by atoms with Crippen molar-refractivity contribution in [2.24, 2.45) is 0 Å². The fraction of sp³-hybridized carbons (Fsp3) is 0.357. The minimum Gasteiger partial charge on any atom is -0.506 e. The summed E-state index contributed by atoms with van der Waals surface area (Å²) in [5, 5.41) is 10.2. The molecule has 9 heteroatoms. The highest BCUT2D eigenvalue weighted by Gasteiger charge is 2.48. The number of likely N-dealkylation sites (tertiary alicyclic amines) is 1. The van der Waals surface area contributed by atoms with Gasteiger partial charge in [-0.3, -0.25) is 0 Å². The first-order valence-electron chi connectivity index (χ1n) is 12.4. The van der Waals surface area contributed by atoms with E-state index >= 15 is 0 Å². The van der Waals surface area contributed by atoms with E-state index in [9.17, 15) is 17.7 Å². The van der Waals surface area contributed by atoms with Crippen LogP contribution in [-0.2, 0) is 26.2 Å². The highest BCUT2D eigenvalue weighted by atomic mass is 35.5. The summed E-state index contributed by atoms with van der Waals surface area (Å²) in [7, 11) is -2.77. The van der Waals surface area contributed by atoms with Crippen LogP contribution in [0.5, 0.6) is 5.75 Å². The summed E-state index contributed by atoms with van der Waals surface area (Å²) in [6.45, 7) is 2.38. The number of hydrogen-bond donors (Lipinski definition) is 1. The van der Waals surface area contributed by atoms with E-state index in [1.807, 2.05) is 59.9 Å². The maximum Gasteiger partial charge on any atom is 0.179 e. The van der Waals surface area contributed by atoms with Crippen LogP contribution in [0.15, 0.2) is 82.6 Å². The summed E-state index contributed by atoms with van der Waals surface area (Å²) < 4.78 is 40.9. The van der Waals surface area contributed by atoms with Crippen molar-refractivity contribution in [3.63, 3.8) is 0 Å². The molecule has 2 atom stereocenters. The number of phenols is 1. The van der Waals surface area contributed by atoms with Crippen molar-refractivity contribution in [1.82, 2.24) is 9.21 Å². The summed E-state index contributed by atoms with van der Waals surface area (Å²) in [5.74, 6) is 0.213. The lowest BCUT2D eigenvalue weighted by molar-refractivity contribution is 0.160. The van der Waals surface area contributed by atoms with Crippen molar-refractivity contribution in [1.29, 1.82) is 0 Å². The average Bonchev–Trinajstić information content (AvgIpc) is 3.13. The van der Waals surface area contributed by atoms with E-state index in [1.54, 1.807) is 24.3 Å². The van der Waals surface area contributed by atoms with Crippen molar-refractivity contribution in [2.45, 2.75) is 40.5 Å². The summed E-state index contributed by atoms with van der Waals surface area (Å²) in [6.07, 6.45) is 2.30. The van der Waals surface area contributed by atoms with E-state index in [0.29, 0.717) is 11.3 Å². The Balaban J connectivity index is 1.31. The van der Waals surface area contributed by atoms with Crippen LogP contribution in [0.3, 0.4) is 0 Å². The zero-order valence-electron chi connectivity index (χ0n) is 20.7. The largest absolute Gasteiger partial charge is 0.506 e. The zero-order chi connectivity index (χ0) is 26.2. The van der Waals surface area contributed by atoms with Crippen LogP contribution < -0.4 is 0 Å². The van der Waals surface area contributed by atoms with Gasteiger partial charge in [0.1, 0.15) is 16.7 Å². The van der Waals surface area contributed by atoms with Gasteiger partial charge in [-0.1, -0.05) is 54.1 Å². The second-order valence-corrected chi connectivity index (χ2v) is 13.9. The van der Waals surface area contributed by atoms with E-state index in [0.717, 1.165) is 48.5 Å². The summed E-state index contributed by atoms with van der Waals surface area (Å²) in [6, 6.07) is 21.8. The molecule has 1 saturated heterocycles. The second kappa shape index (κ2) is 10.5. The summed E-state index contributed by atoms with van der Waals surface area (Å²) >= 11 is 6.24. The molecule has 0 saturated carbocycles. The molecule has 37 heavy (non-hydrogen) atoms. The molecular formula is C28H31ClN2O4S2. The van der Waals surface area contributed by atoms with Crippen molar-refractivity contribution in [3.8, 4) is 5.75 Å². The summed E-state index contributed by atoms with van der Waals surface area (Å²) in [5.41, 5.74) is 1.56. The van der Waals surface area contributed by atoms with Gasteiger partial charge >= 0.3 is 0 Å². The predicted molar refractivity (Wildman–Crippen MR) is 147 cm³/mol. The first kappa shape index (κ1) is 26.4. The molecule has 2 aliphatic heterocycles. The van der Waals surface area contributed by atoms with E-state index in [2.05, 4.69) is 4.90 Å². The van der Waals surface area contributed by atoms with Crippen molar-refractivity contribution in [3.05, 3.63) is 88.9 Å². The SMILES string of the molecule is CN(C(CCN1CCC2(CC1)CS(=O)(=O)c1ccccc12)c1ccc(O)c(Cl)c1)S(=O)c1ccccc1. The number of piperidine rings is 1. The first-order chi connectivity index (χ1) is 17.7. The Hall–Kier alpha value is -2.23. The number of fused-ring (bicyclic) bond motifs is 2. The molecule has 0 aromatic heterocycles. The Morgan fingerprint density at radius 1 is 1.05 bits per heavy atom. The Labute approximate surface area is 226 Å². The fourth-order valence-corrected chi connectivity index (χ4v) is 9.33. The lowest BCUT2D eigenvalue weighted by Gasteiger charge is -2.40. The fourth-order valence-electron chi connectivity index (χ4n) is 5.73. The molecule has 1 N–H and O–H groups in total. The van der Waals surface area contributed by atoms with Gasteiger partial charge in [0.05, 0.1) is 20.6 Å². The second-order valence-electron chi connectivity index (χ2n) is 10.0. The third kappa shape index (κ3) is 5.22. The molecule has 0 radical (unpaired) electrons. The molecule has 6 nitrogen and oxygen atoms in total. The molecule has 5 rings (SSSR count). The van der Waals surface area contributed by atoms with Gasteiger partial charge in [-0.15, -0.1) is 0 Å². The van der Waals surface area contributed by atoms with Gasteiger partial charge in [0.2, 0.25) is 0 Å². The number of halogens is 1. The van der Waals surface area contributed by atoms with E-state index in [4.69, 9.17) is 11.6 Å². The van der Waals surface area contributed by atoms with E-state index in [-0.39, 0.29) is 28.0 Å². The minimum absolute atomic E-state index is 0.0177. The molecule has 0 amide bonds. The number of sulfone groups is 1.